The summed E-state index contributed by atoms with van der Waals surface area (Å²) in [5.74, 6) is -0.339. The number of quaternary nitrogens is 1. The summed E-state index contributed by atoms with van der Waals surface area (Å²) in [6.07, 6.45) is 51.1. The molecule has 0 aliphatic heterocycles. The highest BCUT2D eigenvalue weighted by Gasteiger charge is 2.26. The summed E-state index contributed by atoms with van der Waals surface area (Å²) in [5, 5.41) is 0. The minimum atomic E-state index is -4.29. The minimum Gasteiger partial charge on any atom is -0.457 e. The number of phosphoric ester groups is 1. The molecule has 0 aromatic rings. The van der Waals surface area contributed by atoms with Crippen LogP contribution in [0.5, 0.6) is 0 Å². The lowest BCUT2D eigenvalue weighted by atomic mass is 10.1. The zero-order valence-corrected chi connectivity index (χ0v) is 38.5. The van der Waals surface area contributed by atoms with Crippen LogP contribution in [0.2, 0.25) is 0 Å². The summed E-state index contributed by atoms with van der Waals surface area (Å²) in [7, 11) is 1.64. The van der Waals surface area contributed by atoms with Gasteiger partial charge in [-0.2, -0.15) is 0 Å². The van der Waals surface area contributed by atoms with Crippen LogP contribution in [-0.2, 0) is 27.9 Å². The molecule has 0 aliphatic carbocycles. The maximum atomic E-state index is 12.7. The van der Waals surface area contributed by atoms with E-state index in [2.05, 4.69) is 74.6 Å². The number of likely N-dealkylation sites (N-methyl/N-ethyl adjacent to an activating group) is 1. The zero-order valence-electron chi connectivity index (χ0n) is 37.6. The normalized spacial score (nSPS) is 14.3. The average Bonchev–Trinajstić information content (AvgIpc) is 3.16. The number of esters is 1. The van der Waals surface area contributed by atoms with Gasteiger partial charge < -0.3 is 18.9 Å². The van der Waals surface area contributed by atoms with Crippen molar-refractivity contribution in [2.24, 2.45) is 0 Å². The Kier molecular flexibility index (Phi) is 39.7. The van der Waals surface area contributed by atoms with Gasteiger partial charge in [-0.05, 0) is 77.0 Å². The first-order valence-electron chi connectivity index (χ1n) is 23.0. The first-order chi connectivity index (χ1) is 27.6. The standard InChI is InChI=1S/C48H88NO7P/c1-6-8-10-12-14-16-18-20-22-24-26-28-30-32-34-36-38-40-43-53-45-47(46-55-57(51,52)54-44-42-49(3,4)5)56-48(50)41-39-37-35-33-31-29-27-25-23-21-19-17-15-13-11-9-7-2/h9,11,15,17,20-23,27,29,47H,6-8,10,12-14,16,18-19,24-26,28,30-46H2,1-5H3/p+1/b11-9-,17-15-,22-20-,23-21-,29-27-. The van der Waals surface area contributed by atoms with Crippen LogP contribution in [0.1, 0.15) is 181 Å². The Balaban J connectivity index is 4.26. The van der Waals surface area contributed by atoms with Crippen molar-refractivity contribution in [3.63, 3.8) is 0 Å². The van der Waals surface area contributed by atoms with E-state index in [4.69, 9.17) is 18.5 Å². The number of hydrogen-bond acceptors (Lipinski definition) is 6. The summed E-state index contributed by atoms with van der Waals surface area (Å²) in [6, 6.07) is 0. The maximum Gasteiger partial charge on any atom is 0.472 e. The minimum absolute atomic E-state index is 0.0806. The second-order valence-electron chi connectivity index (χ2n) is 16.4. The predicted octanol–water partition coefficient (Wildman–Crippen LogP) is 13.7. The van der Waals surface area contributed by atoms with Gasteiger partial charge >= 0.3 is 13.8 Å². The van der Waals surface area contributed by atoms with Crippen molar-refractivity contribution >= 4 is 13.8 Å². The van der Waals surface area contributed by atoms with Gasteiger partial charge in [0.25, 0.3) is 0 Å². The van der Waals surface area contributed by atoms with E-state index in [-0.39, 0.29) is 25.8 Å². The van der Waals surface area contributed by atoms with Crippen molar-refractivity contribution in [2.45, 2.75) is 187 Å². The molecule has 0 saturated carbocycles. The quantitative estimate of drug-likeness (QED) is 0.0215. The highest BCUT2D eigenvalue weighted by molar-refractivity contribution is 7.47. The van der Waals surface area contributed by atoms with E-state index in [1.54, 1.807) is 0 Å². The molecule has 0 heterocycles. The van der Waals surface area contributed by atoms with E-state index >= 15 is 0 Å². The molecular weight excluding hydrogens is 734 g/mol. The van der Waals surface area contributed by atoms with Crippen LogP contribution < -0.4 is 0 Å². The fraction of sp³-hybridized carbons (Fsp3) is 0.771. The number of allylic oxidation sites excluding steroid dienone is 10. The van der Waals surface area contributed by atoms with Crippen LogP contribution in [-0.4, -0.2) is 75.6 Å². The van der Waals surface area contributed by atoms with Gasteiger partial charge in [-0.25, -0.2) is 4.57 Å². The number of hydrogen-bond donors (Lipinski definition) is 1. The highest BCUT2D eigenvalue weighted by Crippen LogP contribution is 2.43. The fourth-order valence-corrected chi connectivity index (χ4v) is 6.75. The Bertz CT molecular complexity index is 1090. The van der Waals surface area contributed by atoms with Crippen LogP contribution >= 0.6 is 7.82 Å². The van der Waals surface area contributed by atoms with Crippen LogP contribution in [0, 0.1) is 0 Å². The van der Waals surface area contributed by atoms with Crippen LogP contribution in [0.4, 0.5) is 0 Å². The van der Waals surface area contributed by atoms with Crippen molar-refractivity contribution in [1.29, 1.82) is 0 Å². The Morgan fingerprint density at radius 2 is 1.02 bits per heavy atom. The third-order valence-corrected chi connectivity index (χ3v) is 10.5. The SMILES string of the molecule is CC/C=C\C/C=C\C/C=C\C/C=C\CCCCCCC(=O)OC(COCCCCCCCCCC/C=C\CCCCCCCC)COP(=O)(O)OCC[N+](C)(C)C. The number of ether oxygens (including phenoxy) is 2. The lowest BCUT2D eigenvalue weighted by Gasteiger charge is -2.24. The van der Waals surface area contributed by atoms with Gasteiger partial charge in [0.15, 0.2) is 0 Å². The van der Waals surface area contributed by atoms with Crippen molar-refractivity contribution in [2.75, 3.05) is 54.1 Å². The topological polar surface area (TPSA) is 91.3 Å². The van der Waals surface area contributed by atoms with E-state index in [0.717, 1.165) is 70.6 Å². The maximum absolute atomic E-state index is 12.7. The van der Waals surface area contributed by atoms with E-state index in [0.29, 0.717) is 24.1 Å². The van der Waals surface area contributed by atoms with E-state index in [1.807, 2.05) is 21.1 Å². The summed E-state index contributed by atoms with van der Waals surface area (Å²) in [6.45, 7) is 5.46. The molecular formula is C48H89NO7P+. The van der Waals surface area contributed by atoms with E-state index in [1.165, 1.54) is 89.9 Å². The molecule has 0 amide bonds. The van der Waals surface area contributed by atoms with Crippen molar-refractivity contribution in [3.8, 4) is 0 Å². The predicted molar refractivity (Wildman–Crippen MR) is 242 cm³/mol. The fourth-order valence-electron chi connectivity index (χ4n) is 6.01. The van der Waals surface area contributed by atoms with Crippen molar-refractivity contribution in [1.82, 2.24) is 0 Å². The molecule has 0 bridgehead atoms. The largest absolute Gasteiger partial charge is 0.472 e. The van der Waals surface area contributed by atoms with Gasteiger partial charge in [-0.3, -0.25) is 13.8 Å². The summed E-state index contributed by atoms with van der Waals surface area (Å²) in [5.41, 5.74) is 0. The molecule has 0 aromatic carbocycles. The molecule has 8 nitrogen and oxygen atoms in total. The summed E-state index contributed by atoms with van der Waals surface area (Å²) < 4.78 is 35.0. The average molecular weight is 823 g/mol. The van der Waals surface area contributed by atoms with E-state index in [9.17, 15) is 14.3 Å². The second-order valence-corrected chi connectivity index (χ2v) is 17.9. The molecule has 0 aromatic heterocycles. The number of phosphoric acid groups is 1. The molecule has 2 unspecified atom stereocenters. The second kappa shape index (κ2) is 41.0. The number of rotatable bonds is 42. The summed E-state index contributed by atoms with van der Waals surface area (Å²) in [4.78, 5) is 22.9. The number of unbranched alkanes of at least 4 members (excludes halogenated alkanes) is 18. The molecule has 0 radical (unpaired) electrons. The van der Waals surface area contributed by atoms with Crippen molar-refractivity contribution < 1.29 is 37.3 Å². The molecule has 0 rings (SSSR count). The lowest BCUT2D eigenvalue weighted by Crippen LogP contribution is -2.37. The molecule has 0 saturated heterocycles. The Hall–Kier alpha value is -1.80. The van der Waals surface area contributed by atoms with E-state index < -0.39 is 13.9 Å². The zero-order chi connectivity index (χ0) is 42.0. The van der Waals surface area contributed by atoms with Gasteiger partial charge in [-0.15, -0.1) is 0 Å². The number of nitrogens with zero attached hydrogens (tertiary/aromatic N) is 1. The first-order valence-corrected chi connectivity index (χ1v) is 24.5. The molecule has 332 valence electrons. The molecule has 57 heavy (non-hydrogen) atoms. The van der Waals surface area contributed by atoms with Gasteiger partial charge in [-0.1, -0.05) is 158 Å². The first kappa shape index (κ1) is 55.2. The van der Waals surface area contributed by atoms with Crippen molar-refractivity contribution in [3.05, 3.63) is 60.8 Å². The lowest BCUT2D eigenvalue weighted by molar-refractivity contribution is -0.870. The van der Waals surface area contributed by atoms with Crippen LogP contribution in [0.25, 0.3) is 0 Å². The molecule has 9 heteroatoms. The van der Waals surface area contributed by atoms with Crippen LogP contribution in [0.3, 0.4) is 0 Å². The third kappa shape index (κ3) is 45.1. The molecule has 0 fully saturated rings. The number of carbonyl (C=O) groups excluding carboxylic acids is 1. The van der Waals surface area contributed by atoms with Gasteiger partial charge in [0, 0.05) is 13.0 Å². The highest BCUT2D eigenvalue weighted by atomic mass is 31.2. The smallest absolute Gasteiger partial charge is 0.457 e. The Labute approximate surface area is 351 Å². The van der Waals surface area contributed by atoms with Gasteiger partial charge in [0.2, 0.25) is 0 Å². The monoisotopic (exact) mass is 823 g/mol. The molecule has 0 aliphatic rings. The molecule has 0 spiro atoms. The van der Waals surface area contributed by atoms with Gasteiger partial charge in [0.1, 0.15) is 19.3 Å². The van der Waals surface area contributed by atoms with Crippen LogP contribution in [0.15, 0.2) is 60.8 Å². The third-order valence-electron chi connectivity index (χ3n) is 9.56. The summed E-state index contributed by atoms with van der Waals surface area (Å²) >= 11 is 0. The Morgan fingerprint density at radius 1 is 0.561 bits per heavy atom. The Morgan fingerprint density at radius 3 is 1.54 bits per heavy atom. The molecule has 2 atom stereocenters. The van der Waals surface area contributed by atoms with Gasteiger partial charge in [0.05, 0.1) is 34.4 Å². The molecule has 1 N–H and O–H groups in total. The number of carbonyl (C=O) groups is 1.